The topological polar surface area (TPSA) is 95.9 Å². The van der Waals surface area contributed by atoms with E-state index in [2.05, 4.69) is 5.32 Å². The Kier molecular flexibility index (Phi) is 10.8. The highest BCUT2D eigenvalue weighted by atomic mass is 19.4. The number of carbonyl (C=O) groups excluding carboxylic acids is 2. The van der Waals surface area contributed by atoms with Gasteiger partial charge in [0.05, 0.1) is 11.7 Å². The van der Waals surface area contributed by atoms with Crippen molar-refractivity contribution in [2.75, 3.05) is 13.2 Å². The number of hydrogen-bond acceptors (Lipinski definition) is 5. The summed E-state index contributed by atoms with van der Waals surface area (Å²) in [4.78, 5) is 23.7. The second-order valence-electron chi connectivity index (χ2n) is 8.26. The smallest absolute Gasteiger partial charge is 0.416 e. The van der Waals surface area contributed by atoms with Crippen LogP contribution in [0.4, 0.5) is 13.2 Å². The monoisotopic (exact) mass is 483 g/mol. The van der Waals surface area contributed by atoms with E-state index < -0.39 is 35.8 Å². The van der Waals surface area contributed by atoms with Gasteiger partial charge in [-0.05, 0) is 44.4 Å². The fourth-order valence-corrected chi connectivity index (χ4v) is 3.81. The average Bonchev–Trinajstić information content (AvgIpc) is 3.05. The van der Waals surface area contributed by atoms with Gasteiger partial charge >= 0.3 is 6.18 Å². The van der Waals surface area contributed by atoms with Crippen LogP contribution in [0.5, 0.6) is 5.75 Å². The van der Waals surface area contributed by atoms with Crippen LogP contribution in [-0.4, -0.2) is 47.3 Å². The van der Waals surface area contributed by atoms with E-state index in [4.69, 9.17) is 4.74 Å². The minimum atomic E-state index is -4.49. The molecule has 0 aliphatic heterocycles. The largest absolute Gasteiger partial charge is 0.491 e. The first-order valence-electron chi connectivity index (χ1n) is 11.4. The number of ether oxygens (including phenoxy) is 1. The summed E-state index contributed by atoms with van der Waals surface area (Å²) in [5, 5.41) is 23.1. The first-order valence-corrected chi connectivity index (χ1v) is 11.4. The molecule has 4 atom stereocenters. The zero-order chi connectivity index (χ0) is 25.1. The van der Waals surface area contributed by atoms with E-state index in [0.717, 1.165) is 12.1 Å². The quantitative estimate of drug-likeness (QED) is 0.310. The predicted octanol–water partition coefficient (Wildman–Crippen LogP) is 3.82. The Morgan fingerprint density at radius 3 is 2.79 bits per heavy atom. The Bertz CT molecular complexity index is 868. The molecule has 1 aromatic carbocycles. The molecule has 0 spiro atoms. The fourth-order valence-electron chi connectivity index (χ4n) is 3.81. The van der Waals surface area contributed by atoms with Crippen LogP contribution in [0.1, 0.15) is 44.6 Å². The number of unbranched alkanes of at least 4 members (excludes halogenated alkanes) is 1. The van der Waals surface area contributed by atoms with Gasteiger partial charge in [-0.2, -0.15) is 13.2 Å². The summed E-state index contributed by atoms with van der Waals surface area (Å²) in [6.45, 7) is 2.19. The van der Waals surface area contributed by atoms with Gasteiger partial charge < -0.3 is 20.3 Å². The summed E-state index contributed by atoms with van der Waals surface area (Å²) < 4.78 is 43.6. The van der Waals surface area contributed by atoms with Crippen molar-refractivity contribution >= 4 is 11.7 Å². The van der Waals surface area contributed by atoms with Crippen LogP contribution in [0.2, 0.25) is 0 Å². The van der Waals surface area contributed by atoms with Crippen LogP contribution in [0, 0.1) is 11.8 Å². The molecular weight excluding hydrogens is 451 g/mol. The molecule has 1 aliphatic carbocycles. The summed E-state index contributed by atoms with van der Waals surface area (Å²) >= 11 is 0. The molecule has 6 nitrogen and oxygen atoms in total. The normalized spacial score (nSPS) is 21.9. The lowest BCUT2D eigenvalue weighted by Crippen LogP contribution is -2.21. The van der Waals surface area contributed by atoms with Crippen molar-refractivity contribution in [1.82, 2.24) is 5.32 Å². The molecule has 0 saturated heterocycles. The number of carbonyl (C=O) groups is 2. The van der Waals surface area contributed by atoms with Crippen LogP contribution >= 0.6 is 0 Å². The van der Waals surface area contributed by atoms with Gasteiger partial charge in [0.1, 0.15) is 24.2 Å². The summed E-state index contributed by atoms with van der Waals surface area (Å²) in [6, 6.07) is 4.37. The number of nitrogens with one attached hydrogen (secondary N) is 1. The maximum Gasteiger partial charge on any atom is 0.416 e. The van der Waals surface area contributed by atoms with Gasteiger partial charge in [0, 0.05) is 31.2 Å². The maximum absolute atomic E-state index is 12.8. The number of hydrogen-bond donors (Lipinski definition) is 3. The van der Waals surface area contributed by atoms with Crippen LogP contribution in [0.3, 0.4) is 0 Å². The lowest BCUT2D eigenvalue weighted by molar-refractivity contribution is -0.137. The molecule has 188 valence electrons. The number of halogens is 3. The molecule has 34 heavy (non-hydrogen) atoms. The minimum Gasteiger partial charge on any atom is -0.491 e. The lowest BCUT2D eigenvalue weighted by Gasteiger charge is -2.17. The zero-order valence-electron chi connectivity index (χ0n) is 19.1. The highest BCUT2D eigenvalue weighted by Crippen LogP contribution is 2.34. The first-order chi connectivity index (χ1) is 16.1. The molecule has 1 saturated carbocycles. The number of aliphatic hydroxyl groups excluding tert-OH is 2. The Hall–Kier alpha value is -2.65. The summed E-state index contributed by atoms with van der Waals surface area (Å²) in [6.07, 6.45) is 2.57. The van der Waals surface area contributed by atoms with Crippen LogP contribution in [0.25, 0.3) is 0 Å². The third-order valence-electron chi connectivity index (χ3n) is 5.58. The first kappa shape index (κ1) is 27.6. The average molecular weight is 484 g/mol. The number of alkyl halides is 3. The highest BCUT2D eigenvalue weighted by molar-refractivity contribution is 5.84. The summed E-state index contributed by atoms with van der Waals surface area (Å²) in [5.74, 6) is -0.985. The van der Waals surface area contributed by atoms with E-state index in [1.807, 2.05) is 19.1 Å². The number of rotatable bonds is 12. The molecule has 0 heterocycles. The van der Waals surface area contributed by atoms with E-state index in [1.165, 1.54) is 18.2 Å². The SMILES string of the molecule is CCNC(=O)CCCC=CC[C@H]1C(=O)C[C@@H](O)[C@@H]1C=C[C@@H](O)COc1cccc(C(F)(F)F)c1. The van der Waals surface area contributed by atoms with Gasteiger partial charge in [-0.1, -0.05) is 30.4 Å². The molecule has 1 aliphatic rings. The molecular formula is C25H32F3NO5. The van der Waals surface area contributed by atoms with Crippen molar-refractivity contribution in [3.63, 3.8) is 0 Å². The third-order valence-corrected chi connectivity index (χ3v) is 5.58. The molecule has 1 fully saturated rings. The van der Waals surface area contributed by atoms with Crippen molar-refractivity contribution in [2.45, 2.75) is 57.4 Å². The molecule has 1 aromatic rings. The van der Waals surface area contributed by atoms with E-state index in [0.29, 0.717) is 32.2 Å². The van der Waals surface area contributed by atoms with Crippen molar-refractivity contribution in [3.8, 4) is 5.75 Å². The van der Waals surface area contributed by atoms with Gasteiger partial charge in [-0.3, -0.25) is 9.59 Å². The molecule has 1 amide bonds. The van der Waals surface area contributed by atoms with Crippen molar-refractivity contribution < 1.29 is 37.7 Å². The second-order valence-corrected chi connectivity index (χ2v) is 8.26. The number of aliphatic hydroxyl groups is 2. The summed E-state index contributed by atoms with van der Waals surface area (Å²) in [7, 11) is 0. The highest BCUT2D eigenvalue weighted by Gasteiger charge is 2.39. The fraction of sp³-hybridized carbons (Fsp3) is 0.520. The molecule has 9 heteroatoms. The molecule has 3 N–H and O–H groups in total. The van der Waals surface area contributed by atoms with E-state index in [9.17, 15) is 33.0 Å². The van der Waals surface area contributed by atoms with Gasteiger partial charge in [-0.25, -0.2) is 0 Å². The Balaban J connectivity index is 1.84. The molecule has 0 unspecified atom stereocenters. The predicted molar refractivity (Wildman–Crippen MR) is 121 cm³/mol. The minimum absolute atomic E-state index is 0.00536. The summed E-state index contributed by atoms with van der Waals surface area (Å²) in [5.41, 5.74) is -0.845. The number of amides is 1. The van der Waals surface area contributed by atoms with Crippen molar-refractivity contribution in [2.24, 2.45) is 11.8 Å². The maximum atomic E-state index is 12.8. The second kappa shape index (κ2) is 13.3. The zero-order valence-corrected chi connectivity index (χ0v) is 19.1. The lowest BCUT2D eigenvalue weighted by atomic mass is 9.90. The Labute approximate surface area is 197 Å². The standard InChI is InChI=1S/C25H32F3NO5/c1-2-29-24(33)11-6-4-3-5-10-20-21(23(32)15-22(20)31)13-12-18(30)16-34-19-9-7-8-17(14-19)25(26,27)28/h3,5,7-9,12-14,18,20-21,23,30,32H,2,4,6,10-11,15-16H2,1H3,(H,29,33)/t18-,20-,21-,23-/m1/s1. The Morgan fingerprint density at radius 1 is 1.32 bits per heavy atom. The van der Waals surface area contributed by atoms with Gasteiger partial charge in [0.15, 0.2) is 0 Å². The number of ketones is 1. The van der Waals surface area contributed by atoms with Crippen molar-refractivity contribution in [1.29, 1.82) is 0 Å². The van der Waals surface area contributed by atoms with Gasteiger partial charge in [0.2, 0.25) is 5.91 Å². The van der Waals surface area contributed by atoms with E-state index in [1.54, 1.807) is 6.08 Å². The number of benzene rings is 1. The van der Waals surface area contributed by atoms with Crippen molar-refractivity contribution in [3.05, 3.63) is 54.1 Å². The number of Topliss-reactive ketones (excluding diaryl/α,β-unsaturated/α-hetero) is 1. The number of allylic oxidation sites excluding steroid dienone is 2. The van der Waals surface area contributed by atoms with E-state index in [-0.39, 0.29) is 30.5 Å². The molecule has 0 bridgehead atoms. The molecule has 0 radical (unpaired) electrons. The third kappa shape index (κ3) is 8.95. The van der Waals surface area contributed by atoms with Gasteiger partial charge in [0.25, 0.3) is 0 Å². The van der Waals surface area contributed by atoms with Crippen LogP contribution in [-0.2, 0) is 15.8 Å². The van der Waals surface area contributed by atoms with Crippen LogP contribution < -0.4 is 10.1 Å². The van der Waals surface area contributed by atoms with Gasteiger partial charge in [-0.15, -0.1) is 0 Å². The van der Waals surface area contributed by atoms with Crippen LogP contribution in [0.15, 0.2) is 48.6 Å². The molecule has 0 aromatic heterocycles. The Morgan fingerprint density at radius 2 is 2.09 bits per heavy atom. The van der Waals surface area contributed by atoms with E-state index >= 15 is 0 Å². The molecule has 2 rings (SSSR count).